The molecule has 0 aliphatic heterocycles. The lowest BCUT2D eigenvalue weighted by Gasteiger charge is -2.09. The Labute approximate surface area is 320 Å². The average Bonchev–Trinajstić information content (AvgIpc) is 3.59. The van der Waals surface area contributed by atoms with Crippen molar-refractivity contribution in [2.24, 2.45) is 0 Å². The van der Waals surface area contributed by atoms with E-state index in [2.05, 4.69) is 217 Å². The molecule has 1 heteroatoms. The van der Waals surface area contributed by atoms with Gasteiger partial charge in [0.15, 0.2) is 0 Å². The second-order valence-corrected chi connectivity index (χ2v) is 14.6. The Bertz CT molecular complexity index is 3220. The van der Waals surface area contributed by atoms with Gasteiger partial charge in [0.1, 0.15) is 0 Å². The monoisotopic (exact) mass is 697 g/mol. The molecule has 0 atom stereocenters. The van der Waals surface area contributed by atoms with Crippen LogP contribution < -0.4 is 0 Å². The van der Waals surface area contributed by atoms with Gasteiger partial charge in [0.05, 0.1) is 11.0 Å². The third kappa shape index (κ3) is 5.40. The standard InChI is InChI=1S/C54H35N/c1-2-11-48(12-3-1)55-53-30-27-45(39-18-14-37(15-19-39)43-24-22-36-8-4-5-10-42(36)32-43)34-51(53)52-35-46(28-31-54(52)55)40-20-16-38(17-21-40)44-26-29-50-47(33-44)25-23-41-9-6-7-13-49(41)50/h1-35H. The van der Waals surface area contributed by atoms with Gasteiger partial charge in [-0.25, -0.2) is 0 Å². The largest absolute Gasteiger partial charge is 0.309 e. The first-order valence-electron chi connectivity index (χ1n) is 19.0. The van der Waals surface area contributed by atoms with Gasteiger partial charge in [0.25, 0.3) is 0 Å². The Morgan fingerprint density at radius 1 is 0.218 bits per heavy atom. The number of hydrogen-bond acceptors (Lipinski definition) is 0. The van der Waals surface area contributed by atoms with E-state index in [9.17, 15) is 0 Å². The first-order chi connectivity index (χ1) is 27.2. The van der Waals surface area contributed by atoms with Crippen LogP contribution >= 0.6 is 0 Å². The van der Waals surface area contributed by atoms with Crippen LogP contribution in [0.5, 0.6) is 0 Å². The van der Waals surface area contributed by atoms with E-state index in [1.165, 1.54) is 98.6 Å². The number of nitrogens with zero attached hydrogens (tertiary/aromatic N) is 1. The van der Waals surface area contributed by atoms with E-state index in [0.717, 1.165) is 5.69 Å². The zero-order valence-electron chi connectivity index (χ0n) is 30.2. The Morgan fingerprint density at radius 2 is 0.618 bits per heavy atom. The molecule has 0 aliphatic rings. The molecule has 11 aromatic rings. The maximum absolute atomic E-state index is 2.40. The number of aromatic nitrogens is 1. The minimum Gasteiger partial charge on any atom is -0.309 e. The lowest BCUT2D eigenvalue weighted by molar-refractivity contribution is 1.18. The van der Waals surface area contributed by atoms with Crippen molar-refractivity contribution in [3.05, 3.63) is 212 Å². The fourth-order valence-electron chi connectivity index (χ4n) is 8.51. The van der Waals surface area contributed by atoms with Crippen molar-refractivity contribution in [2.75, 3.05) is 0 Å². The normalized spacial score (nSPS) is 11.6. The summed E-state index contributed by atoms with van der Waals surface area (Å²) < 4.78 is 2.40. The molecule has 0 saturated carbocycles. The average molecular weight is 698 g/mol. The minimum atomic E-state index is 1.16. The predicted octanol–water partition coefficient (Wildman–Crippen LogP) is 14.9. The van der Waals surface area contributed by atoms with Gasteiger partial charge < -0.3 is 4.57 Å². The number of hydrogen-bond donors (Lipinski definition) is 0. The van der Waals surface area contributed by atoms with Gasteiger partial charge in [0.2, 0.25) is 0 Å². The van der Waals surface area contributed by atoms with Gasteiger partial charge in [-0.2, -0.15) is 0 Å². The lowest BCUT2D eigenvalue weighted by Crippen LogP contribution is -1.93. The van der Waals surface area contributed by atoms with E-state index in [1.54, 1.807) is 0 Å². The molecule has 0 aliphatic carbocycles. The molecule has 0 radical (unpaired) electrons. The van der Waals surface area contributed by atoms with Crippen LogP contribution in [0, 0.1) is 0 Å². The molecule has 0 N–H and O–H groups in total. The van der Waals surface area contributed by atoms with Gasteiger partial charge in [-0.05, 0) is 125 Å². The van der Waals surface area contributed by atoms with E-state index >= 15 is 0 Å². The quantitative estimate of drug-likeness (QED) is 0.158. The highest BCUT2D eigenvalue weighted by molar-refractivity contribution is 6.12. The highest BCUT2D eigenvalue weighted by atomic mass is 15.0. The van der Waals surface area contributed by atoms with E-state index in [1.807, 2.05) is 0 Å². The molecule has 11 rings (SSSR count). The van der Waals surface area contributed by atoms with Crippen LogP contribution in [0.1, 0.15) is 0 Å². The molecule has 0 unspecified atom stereocenters. The van der Waals surface area contributed by atoms with Crippen LogP contribution in [0.4, 0.5) is 0 Å². The summed E-state index contributed by atoms with van der Waals surface area (Å²) in [6.45, 7) is 0. The van der Waals surface area contributed by atoms with Gasteiger partial charge in [-0.15, -0.1) is 0 Å². The third-order valence-corrected chi connectivity index (χ3v) is 11.4. The SMILES string of the molecule is c1ccc(-n2c3ccc(-c4ccc(-c5ccc6ccccc6c5)cc4)cc3c3cc(-c4ccc(-c5ccc6c(ccc7ccccc76)c5)cc4)ccc32)cc1. The molecular weight excluding hydrogens is 663 g/mol. The predicted molar refractivity (Wildman–Crippen MR) is 235 cm³/mol. The summed E-state index contributed by atoms with van der Waals surface area (Å²) in [5.41, 5.74) is 13.3. The van der Waals surface area contributed by atoms with Gasteiger partial charge >= 0.3 is 0 Å². The van der Waals surface area contributed by atoms with Crippen LogP contribution in [-0.2, 0) is 0 Å². The fourth-order valence-corrected chi connectivity index (χ4v) is 8.51. The molecule has 1 aromatic heterocycles. The summed E-state index contributed by atoms with van der Waals surface area (Å²) in [6.07, 6.45) is 0. The summed E-state index contributed by atoms with van der Waals surface area (Å²) in [7, 11) is 0. The fraction of sp³-hybridized carbons (Fsp3) is 0. The smallest absolute Gasteiger partial charge is 0.0541 e. The van der Waals surface area contributed by atoms with Gasteiger partial charge in [0, 0.05) is 16.5 Å². The second-order valence-electron chi connectivity index (χ2n) is 14.6. The van der Waals surface area contributed by atoms with Crippen LogP contribution in [0.3, 0.4) is 0 Å². The Hall–Kier alpha value is -7.22. The molecule has 55 heavy (non-hydrogen) atoms. The zero-order valence-corrected chi connectivity index (χ0v) is 30.2. The van der Waals surface area contributed by atoms with E-state index in [0.29, 0.717) is 0 Å². The summed E-state index contributed by atoms with van der Waals surface area (Å²) in [6, 6.07) is 77.8. The highest BCUT2D eigenvalue weighted by Crippen LogP contribution is 2.38. The van der Waals surface area contributed by atoms with Crippen molar-refractivity contribution in [3.63, 3.8) is 0 Å². The van der Waals surface area contributed by atoms with Crippen molar-refractivity contribution in [1.29, 1.82) is 0 Å². The summed E-state index contributed by atoms with van der Waals surface area (Å²) in [5, 5.41) is 10.2. The van der Waals surface area contributed by atoms with Crippen LogP contribution in [0.15, 0.2) is 212 Å². The number of benzene rings is 10. The maximum atomic E-state index is 2.40. The van der Waals surface area contributed by atoms with E-state index in [4.69, 9.17) is 0 Å². The molecule has 256 valence electrons. The van der Waals surface area contributed by atoms with E-state index in [-0.39, 0.29) is 0 Å². The zero-order chi connectivity index (χ0) is 36.3. The first-order valence-corrected chi connectivity index (χ1v) is 19.0. The molecule has 0 spiro atoms. The molecule has 1 heterocycles. The number of para-hydroxylation sites is 1. The minimum absolute atomic E-state index is 1.16. The van der Waals surface area contributed by atoms with Gasteiger partial charge in [-0.1, -0.05) is 164 Å². The number of fused-ring (bicyclic) bond motifs is 7. The van der Waals surface area contributed by atoms with Crippen molar-refractivity contribution < 1.29 is 0 Å². The summed E-state index contributed by atoms with van der Waals surface area (Å²) in [5.74, 6) is 0. The van der Waals surface area contributed by atoms with Crippen LogP contribution in [0.25, 0.3) is 104 Å². The Kier molecular flexibility index (Phi) is 7.25. The first kappa shape index (κ1) is 31.3. The highest BCUT2D eigenvalue weighted by Gasteiger charge is 2.15. The van der Waals surface area contributed by atoms with Gasteiger partial charge in [-0.3, -0.25) is 0 Å². The second kappa shape index (κ2) is 12.7. The summed E-state index contributed by atoms with van der Waals surface area (Å²) >= 11 is 0. The molecule has 0 bridgehead atoms. The number of rotatable bonds is 5. The van der Waals surface area contributed by atoms with E-state index < -0.39 is 0 Å². The van der Waals surface area contributed by atoms with Crippen LogP contribution in [0.2, 0.25) is 0 Å². The Morgan fingerprint density at radius 3 is 1.24 bits per heavy atom. The molecule has 10 aromatic carbocycles. The summed E-state index contributed by atoms with van der Waals surface area (Å²) in [4.78, 5) is 0. The van der Waals surface area contributed by atoms with Crippen LogP contribution in [-0.4, -0.2) is 4.57 Å². The lowest BCUT2D eigenvalue weighted by atomic mass is 9.95. The molecule has 0 amide bonds. The van der Waals surface area contributed by atoms with Crippen molar-refractivity contribution >= 4 is 54.1 Å². The van der Waals surface area contributed by atoms with Crippen molar-refractivity contribution in [1.82, 2.24) is 4.57 Å². The van der Waals surface area contributed by atoms with Crippen molar-refractivity contribution in [3.8, 4) is 50.2 Å². The molecular formula is C54H35N. The third-order valence-electron chi connectivity index (χ3n) is 11.4. The topological polar surface area (TPSA) is 4.93 Å². The molecule has 0 fully saturated rings. The molecule has 0 saturated heterocycles. The maximum Gasteiger partial charge on any atom is 0.0541 e. The Balaban J connectivity index is 0.972. The molecule has 1 nitrogen and oxygen atoms in total. The van der Waals surface area contributed by atoms with Crippen molar-refractivity contribution in [2.45, 2.75) is 0 Å².